The Hall–Kier alpha value is -2.43. The van der Waals surface area contributed by atoms with E-state index in [2.05, 4.69) is 24.0 Å². The van der Waals surface area contributed by atoms with Gasteiger partial charge in [-0.25, -0.2) is 0 Å². The molecule has 1 aromatic heterocycles. The van der Waals surface area contributed by atoms with Crippen LogP contribution in [0.3, 0.4) is 0 Å². The number of benzene rings is 1. The first-order valence-electron chi connectivity index (χ1n) is 8.96. The second-order valence-electron chi connectivity index (χ2n) is 7.01. The molecule has 3 rings (SSSR count). The lowest BCUT2D eigenvalue weighted by atomic mass is 9.98. The molecule has 5 heteroatoms. The van der Waals surface area contributed by atoms with Crippen molar-refractivity contribution in [2.24, 2.45) is 5.92 Å². The molecule has 25 heavy (non-hydrogen) atoms. The Morgan fingerprint density at radius 1 is 1.36 bits per heavy atom. The van der Waals surface area contributed by atoms with Crippen molar-refractivity contribution in [1.29, 1.82) is 0 Å². The van der Waals surface area contributed by atoms with Gasteiger partial charge in [0.1, 0.15) is 0 Å². The summed E-state index contributed by atoms with van der Waals surface area (Å²) in [7, 11) is 0. The lowest BCUT2D eigenvalue weighted by Gasteiger charge is -2.30. The summed E-state index contributed by atoms with van der Waals surface area (Å²) in [5, 5.41) is 4.07. The van der Waals surface area contributed by atoms with Gasteiger partial charge in [0, 0.05) is 25.6 Å². The molecule has 0 aliphatic carbocycles. The highest BCUT2D eigenvalue weighted by molar-refractivity contribution is 5.91. The molecule has 0 spiro atoms. The first-order chi connectivity index (χ1) is 12.1. The number of amides is 1. The second-order valence-corrected chi connectivity index (χ2v) is 7.01. The molecule has 2 aromatic rings. The van der Waals surface area contributed by atoms with Crippen LogP contribution in [0.2, 0.25) is 0 Å². The van der Waals surface area contributed by atoms with Crippen molar-refractivity contribution in [3.05, 3.63) is 53.7 Å². The van der Waals surface area contributed by atoms with E-state index in [1.807, 2.05) is 41.3 Å². The predicted molar refractivity (Wildman–Crippen MR) is 96.9 cm³/mol. The molecule has 2 heterocycles. The summed E-state index contributed by atoms with van der Waals surface area (Å²) in [4.78, 5) is 18.9. The number of piperidine rings is 1. The molecule has 0 saturated carbocycles. The zero-order valence-electron chi connectivity index (χ0n) is 14.9. The molecule has 1 amide bonds. The van der Waals surface area contributed by atoms with Gasteiger partial charge in [-0.2, -0.15) is 4.98 Å². The lowest BCUT2D eigenvalue weighted by Crippen LogP contribution is -2.38. The highest BCUT2D eigenvalue weighted by Gasteiger charge is 2.27. The summed E-state index contributed by atoms with van der Waals surface area (Å²) in [5.41, 5.74) is 1.03. The van der Waals surface area contributed by atoms with E-state index in [-0.39, 0.29) is 11.8 Å². The zero-order chi connectivity index (χ0) is 17.6. The third-order valence-corrected chi connectivity index (χ3v) is 4.37. The Kier molecular flexibility index (Phi) is 5.64. The molecule has 0 unspecified atom stereocenters. The van der Waals surface area contributed by atoms with Gasteiger partial charge in [-0.15, -0.1) is 0 Å². The van der Waals surface area contributed by atoms with Gasteiger partial charge in [0.2, 0.25) is 11.8 Å². The van der Waals surface area contributed by atoms with Gasteiger partial charge in [-0.1, -0.05) is 49.3 Å². The smallest absolute Gasteiger partial charge is 0.246 e. The van der Waals surface area contributed by atoms with Crippen LogP contribution in [0, 0.1) is 5.92 Å². The molecule has 1 aliphatic heterocycles. The van der Waals surface area contributed by atoms with Crippen molar-refractivity contribution < 1.29 is 9.32 Å². The first kappa shape index (κ1) is 17.4. The molecule has 1 fully saturated rings. The Morgan fingerprint density at radius 3 is 2.92 bits per heavy atom. The number of hydrogen-bond acceptors (Lipinski definition) is 4. The molecule has 5 nitrogen and oxygen atoms in total. The molecule has 1 aliphatic rings. The maximum atomic E-state index is 12.5. The number of nitrogens with zero attached hydrogens (tertiary/aromatic N) is 3. The fourth-order valence-corrected chi connectivity index (χ4v) is 3.10. The fourth-order valence-electron chi connectivity index (χ4n) is 3.10. The van der Waals surface area contributed by atoms with Crippen molar-refractivity contribution in [3.63, 3.8) is 0 Å². The monoisotopic (exact) mass is 339 g/mol. The zero-order valence-corrected chi connectivity index (χ0v) is 14.9. The predicted octanol–water partition coefficient (Wildman–Crippen LogP) is 3.69. The molecule has 1 saturated heterocycles. The minimum atomic E-state index is 0.0375. The van der Waals surface area contributed by atoms with E-state index in [4.69, 9.17) is 4.52 Å². The van der Waals surface area contributed by atoms with E-state index in [0.717, 1.165) is 37.2 Å². The minimum absolute atomic E-state index is 0.0375. The van der Waals surface area contributed by atoms with Crippen molar-refractivity contribution >= 4 is 12.0 Å². The van der Waals surface area contributed by atoms with Crippen molar-refractivity contribution in [2.75, 3.05) is 13.1 Å². The van der Waals surface area contributed by atoms with Crippen molar-refractivity contribution in [3.8, 4) is 0 Å². The first-order valence-corrected chi connectivity index (χ1v) is 8.96. The third kappa shape index (κ3) is 4.78. The van der Waals surface area contributed by atoms with Crippen molar-refractivity contribution in [2.45, 2.75) is 39.0 Å². The van der Waals surface area contributed by atoms with Crippen LogP contribution < -0.4 is 0 Å². The third-order valence-electron chi connectivity index (χ3n) is 4.37. The Morgan fingerprint density at radius 2 is 2.16 bits per heavy atom. The topological polar surface area (TPSA) is 59.2 Å². The summed E-state index contributed by atoms with van der Waals surface area (Å²) in [5.74, 6) is 2.10. The SMILES string of the molecule is CC(C)Cc1noc([C@H]2CCCN(C(=O)/C=C/c3ccccc3)C2)n1. The summed E-state index contributed by atoms with van der Waals surface area (Å²) < 4.78 is 5.45. The van der Waals surface area contributed by atoms with Crippen molar-refractivity contribution in [1.82, 2.24) is 15.0 Å². The Balaban J connectivity index is 1.61. The highest BCUT2D eigenvalue weighted by atomic mass is 16.5. The average molecular weight is 339 g/mol. The van der Waals surface area contributed by atoms with Gasteiger partial charge in [0.15, 0.2) is 5.82 Å². The number of aromatic nitrogens is 2. The van der Waals surface area contributed by atoms with Gasteiger partial charge in [0.25, 0.3) is 0 Å². The molecule has 0 bridgehead atoms. The van der Waals surface area contributed by atoms with E-state index in [1.54, 1.807) is 6.08 Å². The lowest BCUT2D eigenvalue weighted by molar-refractivity contribution is -0.127. The van der Waals surface area contributed by atoms with Gasteiger partial charge in [-0.05, 0) is 30.4 Å². The number of rotatable bonds is 5. The highest BCUT2D eigenvalue weighted by Crippen LogP contribution is 2.26. The number of likely N-dealkylation sites (tertiary alicyclic amines) is 1. The molecule has 132 valence electrons. The van der Waals surface area contributed by atoms with Gasteiger partial charge >= 0.3 is 0 Å². The van der Waals surface area contributed by atoms with Crippen LogP contribution in [0.4, 0.5) is 0 Å². The van der Waals surface area contributed by atoms with Crippen LogP contribution in [0.5, 0.6) is 0 Å². The summed E-state index contributed by atoms with van der Waals surface area (Å²) in [6.45, 7) is 5.69. The average Bonchev–Trinajstić information content (AvgIpc) is 3.08. The van der Waals surface area contributed by atoms with Crippen LogP contribution in [0.1, 0.15) is 49.9 Å². The van der Waals surface area contributed by atoms with Crippen LogP contribution in [-0.4, -0.2) is 34.0 Å². The molecule has 1 aromatic carbocycles. The molecular formula is C20H25N3O2. The maximum absolute atomic E-state index is 12.5. The molecule has 0 N–H and O–H groups in total. The number of hydrogen-bond donors (Lipinski definition) is 0. The Bertz CT molecular complexity index is 722. The minimum Gasteiger partial charge on any atom is -0.339 e. The maximum Gasteiger partial charge on any atom is 0.246 e. The summed E-state index contributed by atoms with van der Waals surface area (Å²) >= 11 is 0. The number of carbonyl (C=O) groups is 1. The van der Waals surface area contributed by atoms with E-state index in [9.17, 15) is 4.79 Å². The molecule has 0 radical (unpaired) electrons. The van der Waals surface area contributed by atoms with Gasteiger partial charge in [-0.3, -0.25) is 4.79 Å². The molecular weight excluding hydrogens is 314 g/mol. The van der Waals surface area contributed by atoms with E-state index in [0.29, 0.717) is 18.4 Å². The fraction of sp³-hybridized carbons (Fsp3) is 0.450. The quantitative estimate of drug-likeness (QED) is 0.780. The normalized spacial score (nSPS) is 18.2. The largest absolute Gasteiger partial charge is 0.339 e. The second kappa shape index (κ2) is 8.10. The van der Waals surface area contributed by atoms with E-state index >= 15 is 0 Å². The van der Waals surface area contributed by atoms with Gasteiger partial charge in [0.05, 0.1) is 5.92 Å². The summed E-state index contributed by atoms with van der Waals surface area (Å²) in [6.07, 6.45) is 6.26. The van der Waals surface area contributed by atoms with Crippen LogP contribution in [0.15, 0.2) is 40.9 Å². The van der Waals surface area contributed by atoms with Crippen LogP contribution in [0.25, 0.3) is 6.08 Å². The summed E-state index contributed by atoms with van der Waals surface area (Å²) in [6, 6.07) is 9.86. The number of carbonyl (C=O) groups excluding carboxylic acids is 1. The van der Waals surface area contributed by atoms with Gasteiger partial charge < -0.3 is 9.42 Å². The standard InChI is InChI=1S/C20H25N3O2/c1-15(2)13-18-21-20(25-22-18)17-9-6-12-23(14-17)19(24)11-10-16-7-4-3-5-8-16/h3-5,7-8,10-11,15,17H,6,9,12-14H2,1-2H3/b11-10+/t17-/m0/s1. The van der Waals surface area contributed by atoms with Crippen LogP contribution >= 0.6 is 0 Å². The Labute approximate surface area is 148 Å². The van der Waals surface area contributed by atoms with E-state index in [1.165, 1.54) is 0 Å². The molecule has 1 atom stereocenters. The van der Waals surface area contributed by atoms with E-state index < -0.39 is 0 Å². The van der Waals surface area contributed by atoms with Crippen LogP contribution in [-0.2, 0) is 11.2 Å².